The molecule has 1 unspecified atom stereocenters. The number of hydrogen-bond donors (Lipinski definition) is 1. The third-order valence-electron chi connectivity index (χ3n) is 5.79. The number of ether oxygens (including phenoxy) is 3. The Bertz CT molecular complexity index is 486. The minimum atomic E-state index is -0.962. The molecule has 0 saturated carbocycles. The third kappa shape index (κ3) is 9.58. The summed E-state index contributed by atoms with van der Waals surface area (Å²) in [6, 6.07) is 10.5. The maximum Gasteiger partial charge on any atom is 0.285 e. The van der Waals surface area contributed by atoms with Crippen LogP contribution in [0.2, 0.25) is 0 Å². The zero-order valence-corrected chi connectivity index (χ0v) is 19.2. The number of nitrogens with zero attached hydrogens (tertiary/aromatic N) is 1. The lowest BCUT2D eigenvalue weighted by atomic mass is 9.92. The zero-order valence-electron chi connectivity index (χ0n) is 19.2. The molecular formula is C24H44N2O3. The first-order valence-electron chi connectivity index (χ1n) is 11.3. The van der Waals surface area contributed by atoms with Crippen LogP contribution < -0.4 is 5.73 Å². The van der Waals surface area contributed by atoms with Crippen LogP contribution in [0, 0.1) is 5.92 Å². The molecule has 0 heterocycles. The Balaban J connectivity index is 2.56. The van der Waals surface area contributed by atoms with Gasteiger partial charge < -0.3 is 19.9 Å². The van der Waals surface area contributed by atoms with Gasteiger partial charge in [0.25, 0.3) is 5.97 Å². The highest BCUT2D eigenvalue weighted by Gasteiger charge is 2.39. The van der Waals surface area contributed by atoms with Crippen LogP contribution in [-0.2, 0) is 20.8 Å². The number of unbranched alkanes of at least 4 members (excludes halogenated alkanes) is 5. The molecule has 1 atom stereocenters. The quantitative estimate of drug-likeness (QED) is 0.269. The molecule has 0 saturated heterocycles. The normalized spacial score (nSPS) is 13.2. The van der Waals surface area contributed by atoms with Crippen LogP contribution in [0.3, 0.4) is 0 Å². The van der Waals surface area contributed by atoms with Gasteiger partial charge in [-0.05, 0) is 31.4 Å². The Morgan fingerprint density at radius 3 is 2.03 bits per heavy atom. The predicted octanol–water partition coefficient (Wildman–Crippen LogP) is 5.14. The van der Waals surface area contributed by atoms with Gasteiger partial charge in [0.15, 0.2) is 0 Å². The second-order valence-electron chi connectivity index (χ2n) is 7.83. The monoisotopic (exact) mass is 408 g/mol. The van der Waals surface area contributed by atoms with Crippen molar-refractivity contribution in [2.75, 3.05) is 34.5 Å². The van der Waals surface area contributed by atoms with E-state index in [4.69, 9.17) is 19.9 Å². The Kier molecular flexibility index (Phi) is 14.2. The van der Waals surface area contributed by atoms with E-state index >= 15 is 0 Å². The summed E-state index contributed by atoms with van der Waals surface area (Å²) in [6.07, 6.45) is 10.7. The van der Waals surface area contributed by atoms with E-state index < -0.39 is 5.97 Å². The first kappa shape index (κ1) is 26.1. The molecule has 0 aliphatic heterocycles. The van der Waals surface area contributed by atoms with E-state index in [-0.39, 0.29) is 5.92 Å². The van der Waals surface area contributed by atoms with Crippen molar-refractivity contribution in [2.45, 2.75) is 77.2 Å². The summed E-state index contributed by atoms with van der Waals surface area (Å²) in [7, 11) is 5.01. The standard InChI is InChI=1S/C24H44N2O3/c1-5-6-7-8-9-13-17-23(24(27-2,28-3)29-4)18-14-19-26(21-25)20-22-15-11-10-12-16-22/h10-12,15-16,23H,5-9,13-14,17-21,25H2,1-4H3. The van der Waals surface area contributed by atoms with E-state index in [2.05, 4.69) is 36.1 Å². The molecule has 2 N–H and O–H groups in total. The molecule has 29 heavy (non-hydrogen) atoms. The summed E-state index contributed by atoms with van der Waals surface area (Å²) in [6.45, 7) is 4.64. The third-order valence-corrected chi connectivity index (χ3v) is 5.79. The molecular weight excluding hydrogens is 364 g/mol. The van der Waals surface area contributed by atoms with Crippen LogP contribution in [0.1, 0.15) is 70.3 Å². The summed E-state index contributed by atoms with van der Waals surface area (Å²) >= 11 is 0. The molecule has 0 spiro atoms. The van der Waals surface area contributed by atoms with E-state index in [1.165, 1.54) is 44.1 Å². The molecule has 0 amide bonds. The highest BCUT2D eigenvalue weighted by molar-refractivity contribution is 5.14. The summed E-state index contributed by atoms with van der Waals surface area (Å²) in [5, 5.41) is 0. The fraction of sp³-hybridized carbons (Fsp3) is 0.750. The van der Waals surface area contributed by atoms with Crippen molar-refractivity contribution in [3.8, 4) is 0 Å². The Morgan fingerprint density at radius 1 is 0.862 bits per heavy atom. The van der Waals surface area contributed by atoms with E-state index in [0.29, 0.717) is 6.67 Å². The molecule has 1 aromatic rings. The summed E-state index contributed by atoms with van der Waals surface area (Å²) in [4.78, 5) is 2.28. The summed E-state index contributed by atoms with van der Waals surface area (Å²) in [5.74, 6) is -0.763. The van der Waals surface area contributed by atoms with Crippen molar-refractivity contribution in [1.82, 2.24) is 4.90 Å². The number of methoxy groups -OCH3 is 3. The van der Waals surface area contributed by atoms with Crippen LogP contribution in [0.15, 0.2) is 30.3 Å². The molecule has 5 heteroatoms. The molecule has 0 fully saturated rings. The molecule has 0 aliphatic rings. The second-order valence-corrected chi connectivity index (χ2v) is 7.83. The molecule has 168 valence electrons. The van der Waals surface area contributed by atoms with Crippen LogP contribution in [0.25, 0.3) is 0 Å². The molecule has 0 aromatic heterocycles. The van der Waals surface area contributed by atoms with Crippen LogP contribution in [0.4, 0.5) is 0 Å². The van der Waals surface area contributed by atoms with Crippen molar-refractivity contribution in [3.63, 3.8) is 0 Å². The molecule has 0 bridgehead atoms. The highest BCUT2D eigenvalue weighted by Crippen LogP contribution is 2.32. The van der Waals surface area contributed by atoms with Gasteiger partial charge in [-0.15, -0.1) is 0 Å². The van der Waals surface area contributed by atoms with Gasteiger partial charge in [0.2, 0.25) is 0 Å². The fourth-order valence-electron chi connectivity index (χ4n) is 4.06. The first-order chi connectivity index (χ1) is 14.2. The van der Waals surface area contributed by atoms with Gasteiger partial charge in [-0.2, -0.15) is 0 Å². The Labute approximate surface area is 178 Å². The minimum Gasteiger partial charge on any atom is -0.331 e. The lowest BCUT2D eigenvalue weighted by Crippen LogP contribution is -2.44. The number of benzene rings is 1. The van der Waals surface area contributed by atoms with E-state index in [1.54, 1.807) is 21.3 Å². The number of rotatable bonds is 18. The van der Waals surface area contributed by atoms with Gasteiger partial charge in [-0.1, -0.05) is 75.8 Å². The molecule has 1 aromatic carbocycles. The summed E-state index contributed by atoms with van der Waals surface area (Å²) < 4.78 is 17.1. The van der Waals surface area contributed by atoms with Crippen molar-refractivity contribution in [3.05, 3.63) is 35.9 Å². The van der Waals surface area contributed by atoms with Crippen molar-refractivity contribution in [1.29, 1.82) is 0 Å². The van der Waals surface area contributed by atoms with Gasteiger partial charge in [-0.3, -0.25) is 4.90 Å². The van der Waals surface area contributed by atoms with Crippen molar-refractivity contribution < 1.29 is 14.2 Å². The largest absolute Gasteiger partial charge is 0.331 e. The molecule has 0 aliphatic carbocycles. The van der Waals surface area contributed by atoms with Crippen LogP contribution in [0.5, 0.6) is 0 Å². The lowest BCUT2D eigenvalue weighted by Gasteiger charge is -2.37. The molecule has 1 rings (SSSR count). The smallest absolute Gasteiger partial charge is 0.285 e. The Hall–Kier alpha value is -0.980. The van der Waals surface area contributed by atoms with E-state index in [9.17, 15) is 0 Å². The van der Waals surface area contributed by atoms with Crippen molar-refractivity contribution in [2.24, 2.45) is 11.7 Å². The maximum absolute atomic E-state index is 5.99. The molecule has 0 radical (unpaired) electrons. The topological polar surface area (TPSA) is 57.0 Å². The van der Waals surface area contributed by atoms with E-state index in [1.807, 2.05) is 6.07 Å². The van der Waals surface area contributed by atoms with Gasteiger partial charge in [0, 0.05) is 40.5 Å². The van der Waals surface area contributed by atoms with E-state index in [0.717, 1.165) is 32.4 Å². The van der Waals surface area contributed by atoms with Gasteiger partial charge in [-0.25, -0.2) is 0 Å². The minimum absolute atomic E-state index is 0.199. The van der Waals surface area contributed by atoms with Crippen molar-refractivity contribution >= 4 is 0 Å². The zero-order chi connectivity index (χ0) is 21.4. The van der Waals surface area contributed by atoms with Gasteiger partial charge >= 0.3 is 0 Å². The average Bonchev–Trinajstić information content (AvgIpc) is 2.77. The number of nitrogens with two attached hydrogens (primary N) is 1. The summed E-state index contributed by atoms with van der Waals surface area (Å²) in [5.41, 5.74) is 7.28. The van der Waals surface area contributed by atoms with Crippen LogP contribution >= 0.6 is 0 Å². The average molecular weight is 409 g/mol. The lowest BCUT2D eigenvalue weighted by molar-refractivity contribution is -0.380. The van der Waals surface area contributed by atoms with Gasteiger partial charge in [0.1, 0.15) is 0 Å². The maximum atomic E-state index is 5.99. The van der Waals surface area contributed by atoms with Crippen LogP contribution in [-0.4, -0.2) is 45.4 Å². The second kappa shape index (κ2) is 15.8. The highest BCUT2D eigenvalue weighted by atomic mass is 16.9. The Morgan fingerprint density at radius 2 is 1.45 bits per heavy atom. The van der Waals surface area contributed by atoms with Gasteiger partial charge in [0.05, 0.1) is 0 Å². The SMILES string of the molecule is CCCCCCCCC(CCCN(CN)Cc1ccccc1)C(OC)(OC)OC. The first-order valence-corrected chi connectivity index (χ1v) is 11.3. The number of hydrogen-bond acceptors (Lipinski definition) is 5. The fourth-order valence-corrected chi connectivity index (χ4v) is 4.06. The predicted molar refractivity (Wildman–Crippen MR) is 120 cm³/mol. The molecule has 5 nitrogen and oxygen atoms in total.